The van der Waals surface area contributed by atoms with Gasteiger partial charge >= 0.3 is 12.1 Å². The van der Waals surface area contributed by atoms with Crippen LogP contribution in [0.5, 0.6) is 0 Å². The molecule has 0 aliphatic carbocycles. The average molecular weight is 341 g/mol. The zero-order chi connectivity index (χ0) is 12.1. The zero-order valence-electron chi connectivity index (χ0n) is 7.51. The van der Waals surface area contributed by atoms with Crippen LogP contribution in [-0.2, 0) is 11.0 Å². The lowest BCUT2D eigenvalue weighted by atomic mass is 10.1. The molecule has 1 amide bonds. The quantitative estimate of drug-likeness (QED) is 0.413. The number of ketones is 1. The van der Waals surface area contributed by atoms with E-state index in [-0.39, 0.29) is 11.3 Å². The number of carbonyl (C=O) groups is 2. The maximum Gasteiger partial charge on any atom is 0.416 e. The number of fused-ring (bicyclic) bond motifs is 1. The smallest absolute Gasteiger partial charge is 0.283 e. The first-order chi connectivity index (χ1) is 7.32. The third kappa shape index (κ3) is 1.58. The minimum atomic E-state index is -4.48. The highest BCUT2D eigenvalue weighted by molar-refractivity contribution is 14.1. The molecule has 0 N–H and O–H groups in total. The predicted octanol–water partition coefficient (Wildman–Crippen LogP) is 2.58. The predicted molar refractivity (Wildman–Crippen MR) is 57.3 cm³/mol. The molecule has 7 heteroatoms. The summed E-state index contributed by atoms with van der Waals surface area (Å²) in [4.78, 5) is 22.5. The van der Waals surface area contributed by atoms with Crippen LogP contribution < -0.4 is 3.11 Å². The van der Waals surface area contributed by atoms with Crippen LogP contribution in [0.15, 0.2) is 18.2 Å². The van der Waals surface area contributed by atoms with Crippen LogP contribution in [0, 0.1) is 0 Å². The Hall–Kier alpha value is -1.12. The molecule has 0 saturated carbocycles. The van der Waals surface area contributed by atoms with Gasteiger partial charge in [-0.05, 0) is 18.2 Å². The van der Waals surface area contributed by atoms with Crippen molar-refractivity contribution >= 4 is 40.2 Å². The Morgan fingerprint density at radius 3 is 2.38 bits per heavy atom. The van der Waals surface area contributed by atoms with E-state index >= 15 is 0 Å². The molecule has 0 aromatic heterocycles. The molecular weight excluding hydrogens is 338 g/mol. The molecule has 3 nitrogen and oxygen atoms in total. The van der Waals surface area contributed by atoms with E-state index in [2.05, 4.69) is 0 Å². The largest absolute Gasteiger partial charge is 0.416 e. The second-order valence-corrected chi connectivity index (χ2v) is 4.11. The van der Waals surface area contributed by atoms with E-state index in [1.807, 2.05) is 0 Å². The molecule has 1 aromatic carbocycles. The van der Waals surface area contributed by atoms with Gasteiger partial charge in [-0.3, -0.25) is 9.59 Å². The summed E-state index contributed by atoms with van der Waals surface area (Å²) in [7, 11) is 0. The van der Waals surface area contributed by atoms with Crippen LogP contribution in [-0.4, -0.2) is 11.7 Å². The van der Waals surface area contributed by atoms with Crippen molar-refractivity contribution in [2.24, 2.45) is 0 Å². The number of alkyl halides is 3. The van der Waals surface area contributed by atoms with E-state index in [9.17, 15) is 22.8 Å². The van der Waals surface area contributed by atoms with Gasteiger partial charge in [-0.25, -0.2) is 3.11 Å². The van der Waals surface area contributed by atoms with Crippen molar-refractivity contribution in [1.29, 1.82) is 0 Å². The Kier molecular flexibility index (Phi) is 2.44. The minimum Gasteiger partial charge on any atom is -0.283 e. The molecule has 0 radical (unpaired) electrons. The lowest BCUT2D eigenvalue weighted by Crippen LogP contribution is -2.19. The van der Waals surface area contributed by atoms with Crippen LogP contribution in [0.3, 0.4) is 0 Å². The van der Waals surface area contributed by atoms with Gasteiger partial charge in [-0.15, -0.1) is 0 Å². The van der Waals surface area contributed by atoms with Gasteiger partial charge in [-0.2, -0.15) is 13.2 Å². The van der Waals surface area contributed by atoms with Crippen LogP contribution >= 0.6 is 22.9 Å². The number of benzene rings is 1. The van der Waals surface area contributed by atoms with E-state index in [4.69, 9.17) is 0 Å². The van der Waals surface area contributed by atoms with Gasteiger partial charge in [-0.1, -0.05) is 0 Å². The topological polar surface area (TPSA) is 37.4 Å². The number of hydrogen-bond donors (Lipinski definition) is 0. The SMILES string of the molecule is O=C1C(=O)N(I)c2cc(C(F)(F)F)ccc21. The second kappa shape index (κ2) is 3.44. The Labute approximate surface area is 102 Å². The van der Waals surface area contributed by atoms with Gasteiger partial charge < -0.3 is 0 Å². The molecule has 0 spiro atoms. The number of anilines is 1. The number of carbonyl (C=O) groups excluding carboxylic acids is 2. The van der Waals surface area contributed by atoms with Gasteiger partial charge in [0.2, 0.25) is 0 Å². The van der Waals surface area contributed by atoms with Crippen LogP contribution in [0.1, 0.15) is 15.9 Å². The summed E-state index contributed by atoms with van der Waals surface area (Å²) < 4.78 is 38.1. The highest BCUT2D eigenvalue weighted by Crippen LogP contribution is 2.37. The van der Waals surface area contributed by atoms with Crippen molar-refractivity contribution < 1.29 is 22.8 Å². The normalized spacial score (nSPS) is 15.6. The number of hydrogen-bond acceptors (Lipinski definition) is 2. The zero-order valence-corrected chi connectivity index (χ0v) is 9.67. The number of nitrogens with zero attached hydrogens (tertiary/aromatic N) is 1. The van der Waals surface area contributed by atoms with E-state index in [1.165, 1.54) is 22.9 Å². The lowest BCUT2D eigenvalue weighted by molar-refractivity contribution is -0.137. The van der Waals surface area contributed by atoms with Crippen molar-refractivity contribution in [1.82, 2.24) is 0 Å². The molecule has 1 aliphatic heterocycles. The van der Waals surface area contributed by atoms with Gasteiger partial charge in [0.05, 0.1) is 39.7 Å². The van der Waals surface area contributed by atoms with Crippen molar-refractivity contribution in [3.63, 3.8) is 0 Å². The Morgan fingerprint density at radius 2 is 1.81 bits per heavy atom. The summed E-state index contributed by atoms with van der Waals surface area (Å²) in [6.45, 7) is 0. The van der Waals surface area contributed by atoms with Gasteiger partial charge in [0, 0.05) is 0 Å². The molecule has 84 valence electrons. The summed E-state index contributed by atoms with van der Waals surface area (Å²) in [5, 5.41) is 0. The minimum absolute atomic E-state index is 0.00685. The molecule has 1 aromatic rings. The van der Waals surface area contributed by atoms with E-state index in [0.717, 1.165) is 21.3 Å². The molecule has 2 rings (SSSR count). The first-order valence-electron chi connectivity index (χ1n) is 4.08. The Bertz CT molecular complexity index is 498. The summed E-state index contributed by atoms with van der Waals surface area (Å²) in [5.41, 5.74) is -0.881. The molecule has 0 fully saturated rings. The Balaban J connectivity index is 2.58. The standard InChI is InChI=1S/C9H3F3INO2/c10-9(11,12)4-1-2-5-6(3-4)14(13)8(16)7(5)15/h1-3H. The molecule has 0 bridgehead atoms. The fraction of sp³-hybridized carbons (Fsp3) is 0.111. The fourth-order valence-corrected chi connectivity index (χ4v) is 1.99. The second-order valence-electron chi connectivity index (χ2n) is 3.14. The van der Waals surface area contributed by atoms with Crippen molar-refractivity contribution in [3.8, 4) is 0 Å². The van der Waals surface area contributed by atoms with E-state index in [1.54, 1.807) is 0 Å². The van der Waals surface area contributed by atoms with Gasteiger partial charge in [0.25, 0.3) is 5.78 Å². The summed E-state index contributed by atoms with van der Waals surface area (Å²) in [6.07, 6.45) is -4.48. The molecular formula is C9H3F3INO2. The van der Waals surface area contributed by atoms with Gasteiger partial charge in [0.15, 0.2) is 0 Å². The van der Waals surface area contributed by atoms with Gasteiger partial charge in [0.1, 0.15) is 0 Å². The van der Waals surface area contributed by atoms with Crippen molar-refractivity contribution in [2.75, 3.05) is 3.11 Å². The molecule has 0 unspecified atom stereocenters. The highest BCUT2D eigenvalue weighted by atomic mass is 127. The summed E-state index contributed by atoms with van der Waals surface area (Å²) >= 11 is 1.51. The average Bonchev–Trinajstić information content (AvgIpc) is 2.43. The Morgan fingerprint density at radius 1 is 1.19 bits per heavy atom. The summed E-state index contributed by atoms with van der Waals surface area (Å²) in [5.74, 6) is -1.60. The monoisotopic (exact) mass is 341 g/mol. The van der Waals surface area contributed by atoms with Crippen molar-refractivity contribution in [3.05, 3.63) is 29.3 Å². The number of rotatable bonds is 0. The maximum atomic E-state index is 12.4. The number of halogens is 4. The summed E-state index contributed by atoms with van der Waals surface area (Å²) in [6, 6.07) is 2.61. The number of amides is 1. The molecule has 0 saturated heterocycles. The fourth-order valence-electron chi connectivity index (χ4n) is 1.38. The maximum absolute atomic E-state index is 12.4. The highest BCUT2D eigenvalue weighted by Gasteiger charge is 2.38. The molecule has 1 heterocycles. The van der Waals surface area contributed by atoms with E-state index < -0.39 is 23.4 Å². The van der Waals surface area contributed by atoms with Crippen LogP contribution in [0.25, 0.3) is 0 Å². The molecule has 0 atom stereocenters. The van der Waals surface area contributed by atoms with E-state index in [0.29, 0.717) is 0 Å². The van der Waals surface area contributed by atoms with Crippen molar-refractivity contribution in [2.45, 2.75) is 6.18 Å². The third-order valence-corrected chi connectivity index (χ3v) is 3.11. The third-order valence-electron chi connectivity index (χ3n) is 2.15. The lowest BCUT2D eigenvalue weighted by Gasteiger charge is -2.10. The first-order valence-corrected chi connectivity index (χ1v) is 5.04. The molecule has 1 aliphatic rings. The van der Waals surface area contributed by atoms with Crippen LogP contribution in [0.2, 0.25) is 0 Å². The number of Topliss-reactive ketones (excluding diaryl/α,β-unsaturated/α-hetero) is 1. The molecule has 16 heavy (non-hydrogen) atoms. The van der Waals surface area contributed by atoms with Crippen LogP contribution in [0.4, 0.5) is 18.9 Å². The first kappa shape index (κ1) is 11.4.